The molecular formula is C12H15N5O2. The number of anilines is 1. The van der Waals surface area contributed by atoms with Crippen molar-refractivity contribution in [3.8, 4) is 0 Å². The Morgan fingerprint density at radius 3 is 2.89 bits per heavy atom. The lowest BCUT2D eigenvalue weighted by Crippen LogP contribution is -2.37. The Bertz CT molecular complexity index is 616. The van der Waals surface area contributed by atoms with Gasteiger partial charge >= 0.3 is 6.09 Å². The van der Waals surface area contributed by atoms with E-state index in [9.17, 15) is 4.79 Å². The molecule has 0 atom stereocenters. The van der Waals surface area contributed by atoms with Gasteiger partial charge in [-0.25, -0.2) is 14.8 Å². The molecule has 1 fully saturated rings. The Hall–Kier alpha value is -2.31. The lowest BCUT2D eigenvalue weighted by atomic mass is 9.96. The minimum atomic E-state index is -0.850. The number of nitrogens with zero attached hydrogens (tertiary/aromatic N) is 3. The Balaban J connectivity index is 1.80. The Morgan fingerprint density at radius 1 is 1.47 bits per heavy atom. The highest BCUT2D eigenvalue weighted by atomic mass is 16.4. The van der Waals surface area contributed by atoms with E-state index in [2.05, 4.69) is 15.0 Å². The Labute approximate surface area is 109 Å². The summed E-state index contributed by atoms with van der Waals surface area (Å²) >= 11 is 0. The van der Waals surface area contributed by atoms with Gasteiger partial charge in [0, 0.05) is 19.0 Å². The van der Waals surface area contributed by atoms with Gasteiger partial charge in [0.25, 0.3) is 0 Å². The third kappa shape index (κ3) is 2.18. The second-order valence-corrected chi connectivity index (χ2v) is 4.81. The molecule has 3 rings (SSSR count). The molecule has 0 spiro atoms. The minimum absolute atomic E-state index is 0.256. The van der Waals surface area contributed by atoms with Gasteiger partial charge in [0.1, 0.15) is 5.82 Å². The molecule has 19 heavy (non-hydrogen) atoms. The normalized spacial score (nSPS) is 16.9. The number of nitrogens with one attached hydrogen (secondary N) is 1. The summed E-state index contributed by atoms with van der Waals surface area (Å²) < 4.78 is 0. The number of imidazole rings is 1. The molecule has 4 N–H and O–H groups in total. The van der Waals surface area contributed by atoms with E-state index in [1.54, 1.807) is 6.20 Å². The van der Waals surface area contributed by atoms with Gasteiger partial charge in [0.05, 0.1) is 17.4 Å². The highest BCUT2D eigenvalue weighted by Gasteiger charge is 2.25. The van der Waals surface area contributed by atoms with E-state index in [-0.39, 0.29) is 5.92 Å². The first-order chi connectivity index (χ1) is 9.13. The van der Waals surface area contributed by atoms with Crippen LogP contribution in [-0.2, 0) is 0 Å². The average molecular weight is 261 g/mol. The molecule has 1 amide bonds. The molecule has 1 aliphatic heterocycles. The van der Waals surface area contributed by atoms with E-state index in [1.165, 1.54) is 4.90 Å². The molecule has 0 bridgehead atoms. The third-order valence-electron chi connectivity index (χ3n) is 3.53. The molecule has 3 heterocycles. The quantitative estimate of drug-likeness (QED) is 0.719. The predicted octanol–water partition coefficient (Wildman–Crippen LogP) is 1.40. The first-order valence-corrected chi connectivity index (χ1v) is 6.22. The van der Waals surface area contributed by atoms with E-state index in [0.29, 0.717) is 24.4 Å². The third-order valence-corrected chi connectivity index (χ3v) is 3.53. The average Bonchev–Trinajstić information content (AvgIpc) is 2.81. The van der Waals surface area contributed by atoms with Crippen LogP contribution in [0.1, 0.15) is 24.6 Å². The van der Waals surface area contributed by atoms with Crippen molar-refractivity contribution >= 4 is 22.9 Å². The van der Waals surface area contributed by atoms with Crippen LogP contribution in [0.3, 0.4) is 0 Å². The van der Waals surface area contributed by atoms with Crippen LogP contribution in [0.4, 0.5) is 10.5 Å². The van der Waals surface area contributed by atoms with Crippen LogP contribution in [0.2, 0.25) is 0 Å². The summed E-state index contributed by atoms with van der Waals surface area (Å²) in [5.41, 5.74) is 7.77. The van der Waals surface area contributed by atoms with E-state index < -0.39 is 6.09 Å². The van der Waals surface area contributed by atoms with Gasteiger partial charge in [0.2, 0.25) is 0 Å². The summed E-state index contributed by atoms with van der Waals surface area (Å²) in [6.45, 7) is 1.10. The number of nitrogen functional groups attached to an aromatic ring is 1. The Morgan fingerprint density at radius 2 is 2.21 bits per heavy atom. The van der Waals surface area contributed by atoms with E-state index in [0.717, 1.165) is 24.2 Å². The number of aromatic amines is 1. The number of hydrogen-bond acceptors (Lipinski definition) is 4. The van der Waals surface area contributed by atoms with Crippen molar-refractivity contribution in [2.24, 2.45) is 0 Å². The summed E-state index contributed by atoms with van der Waals surface area (Å²) in [7, 11) is 0. The van der Waals surface area contributed by atoms with E-state index in [4.69, 9.17) is 10.8 Å². The zero-order chi connectivity index (χ0) is 13.4. The molecule has 0 aromatic carbocycles. The van der Waals surface area contributed by atoms with Crippen molar-refractivity contribution in [2.75, 3.05) is 18.8 Å². The zero-order valence-electron chi connectivity index (χ0n) is 10.3. The molecule has 0 unspecified atom stereocenters. The van der Waals surface area contributed by atoms with Gasteiger partial charge in [-0.2, -0.15) is 0 Å². The number of piperidine rings is 1. The van der Waals surface area contributed by atoms with Crippen molar-refractivity contribution in [3.63, 3.8) is 0 Å². The molecule has 7 heteroatoms. The fraction of sp³-hybridized carbons (Fsp3) is 0.417. The first-order valence-electron chi connectivity index (χ1n) is 6.22. The summed E-state index contributed by atoms with van der Waals surface area (Å²) in [5, 5.41) is 8.92. The van der Waals surface area contributed by atoms with Crippen molar-refractivity contribution in [1.29, 1.82) is 0 Å². The standard InChI is InChI=1S/C12H15N5O2/c13-8-5-9-11(14-6-8)16-10(15-9)7-1-3-17(4-2-7)12(18)19/h5-7H,1-4,13H2,(H,18,19)(H,14,15,16). The molecule has 0 saturated carbocycles. The van der Waals surface area contributed by atoms with Crippen LogP contribution in [0.15, 0.2) is 12.3 Å². The SMILES string of the molecule is Nc1cnc2nc(C3CCN(C(=O)O)CC3)[nH]c2c1. The number of pyridine rings is 1. The Kier molecular flexibility index (Phi) is 2.73. The zero-order valence-corrected chi connectivity index (χ0v) is 10.3. The fourth-order valence-electron chi connectivity index (χ4n) is 2.47. The fourth-order valence-corrected chi connectivity index (χ4v) is 2.47. The molecule has 7 nitrogen and oxygen atoms in total. The second-order valence-electron chi connectivity index (χ2n) is 4.81. The number of amides is 1. The van der Waals surface area contributed by atoms with Crippen molar-refractivity contribution in [1.82, 2.24) is 19.9 Å². The van der Waals surface area contributed by atoms with Crippen molar-refractivity contribution in [3.05, 3.63) is 18.1 Å². The van der Waals surface area contributed by atoms with Gasteiger partial charge < -0.3 is 20.7 Å². The summed E-state index contributed by atoms with van der Waals surface area (Å²) in [6.07, 6.45) is 2.29. The highest BCUT2D eigenvalue weighted by Crippen LogP contribution is 2.27. The van der Waals surface area contributed by atoms with Gasteiger partial charge in [-0.3, -0.25) is 0 Å². The number of hydrogen-bond donors (Lipinski definition) is 3. The van der Waals surface area contributed by atoms with Crippen LogP contribution in [0, 0.1) is 0 Å². The smallest absolute Gasteiger partial charge is 0.407 e. The molecule has 2 aromatic rings. The maximum absolute atomic E-state index is 10.9. The van der Waals surface area contributed by atoms with Crippen LogP contribution >= 0.6 is 0 Å². The van der Waals surface area contributed by atoms with Gasteiger partial charge in [0.15, 0.2) is 5.65 Å². The maximum atomic E-state index is 10.9. The minimum Gasteiger partial charge on any atom is -0.465 e. The number of H-pyrrole nitrogens is 1. The molecule has 1 aliphatic rings. The second kappa shape index (κ2) is 4.42. The topological polar surface area (TPSA) is 108 Å². The highest BCUT2D eigenvalue weighted by molar-refractivity contribution is 5.74. The van der Waals surface area contributed by atoms with E-state index in [1.807, 2.05) is 6.07 Å². The number of rotatable bonds is 1. The predicted molar refractivity (Wildman–Crippen MR) is 69.9 cm³/mol. The maximum Gasteiger partial charge on any atom is 0.407 e. The lowest BCUT2D eigenvalue weighted by Gasteiger charge is -2.28. The molecule has 0 radical (unpaired) electrons. The monoisotopic (exact) mass is 261 g/mol. The number of nitrogens with two attached hydrogens (primary N) is 1. The van der Waals surface area contributed by atoms with Crippen molar-refractivity contribution < 1.29 is 9.90 Å². The number of likely N-dealkylation sites (tertiary alicyclic amines) is 1. The van der Waals surface area contributed by atoms with Crippen molar-refractivity contribution in [2.45, 2.75) is 18.8 Å². The van der Waals surface area contributed by atoms with Crippen LogP contribution < -0.4 is 5.73 Å². The lowest BCUT2D eigenvalue weighted by molar-refractivity contribution is 0.131. The number of fused-ring (bicyclic) bond motifs is 1. The molecule has 1 saturated heterocycles. The number of carboxylic acid groups (broad SMARTS) is 1. The molecule has 0 aliphatic carbocycles. The van der Waals surface area contributed by atoms with Gasteiger partial charge in [-0.1, -0.05) is 0 Å². The van der Waals surface area contributed by atoms with Crippen LogP contribution in [0.5, 0.6) is 0 Å². The summed E-state index contributed by atoms with van der Waals surface area (Å²) in [5.74, 6) is 1.13. The molecule has 2 aromatic heterocycles. The van der Waals surface area contributed by atoms with Crippen LogP contribution in [-0.4, -0.2) is 44.1 Å². The summed E-state index contributed by atoms with van der Waals surface area (Å²) in [4.78, 5) is 24.2. The summed E-state index contributed by atoms with van der Waals surface area (Å²) in [6, 6.07) is 1.81. The van der Waals surface area contributed by atoms with Gasteiger partial charge in [-0.15, -0.1) is 0 Å². The van der Waals surface area contributed by atoms with Gasteiger partial charge in [-0.05, 0) is 18.9 Å². The van der Waals surface area contributed by atoms with Crippen LogP contribution in [0.25, 0.3) is 11.2 Å². The largest absolute Gasteiger partial charge is 0.465 e. The number of carbonyl (C=O) groups is 1. The molecular weight excluding hydrogens is 246 g/mol. The first kappa shape index (κ1) is 11.8. The molecule has 100 valence electrons. The number of aromatic nitrogens is 3. The van der Waals surface area contributed by atoms with E-state index >= 15 is 0 Å².